The van der Waals surface area contributed by atoms with Crippen LogP contribution in [0, 0.1) is 11.2 Å². The number of anilines is 2. The molecule has 0 unspecified atom stereocenters. The largest absolute Gasteiger partial charge is 0.492 e. The Morgan fingerprint density at radius 2 is 1.77 bits per heavy atom. The van der Waals surface area contributed by atoms with Crippen molar-refractivity contribution in [1.29, 1.82) is 0 Å². The van der Waals surface area contributed by atoms with E-state index in [-0.39, 0.29) is 11.6 Å². The molecule has 0 saturated carbocycles. The summed E-state index contributed by atoms with van der Waals surface area (Å²) in [5.41, 5.74) is 1.73. The summed E-state index contributed by atoms with van der Waals surface area (Å²) in [7, 11) is 3.84. The molecular weight excluding hydrogens is 511 g/mol. The summed E-state index contributed by atoms with van der Waals surface area (Å²) < 4.78 is 20.3. The molecule has 2 aromatic rings. The van der Waals surface area contributed by atoms with Gasteiger partial charge in [-0.25, -0.2) is 9.38 Å². The van der Waals surface area contributed by atoms with Crippen LogP contribution in [-0.4, -0.2) is 65.3 Å². The van der Waals surface area contributed by atoms with Gasteiger partial charge in [-0.05, 0) is 87.9 Å². The van der Waals surface area contributed by atoms with Gasteiger partial charge in [0.25, 0.3) is 0 Å². The van der Waals surface area contributed by atoms with E-state index in [1.807, 2.05) is 7.05 Å². The Hall–Kier alpha value is -3.60. The van der Waals surface area contributed by atoms with Gasteiger partial charge in [-0.1, -0.05) is 13.5 Å². The number of hydrogen-bond donors (Lipinski definition) is 5. The Morgan fingerprint density at radius 1 is 1.12 bits per heavy atom. The maximum absolute atomic E-state index is 14.8. The third kappa shape index (κ3) is 10.9. The lowest BCUT2D eigenvalue weighted by Gasteiger charge is -2.33. The molecule has 1 saturated heterocycles. The van der Waals surface area contributed by atoms with Crippen molar-refractivity contribution < 1.29 is 18.7 Å². The number of aliphatic imine (C=N–C) groups is 1. The lowest BCUT2D eigenvalue weighted by molar-refractivity contribution is -0.119. The second-order valence-electron chi connectivity index (χ2n) is 9.84. The van der Waals surface area contributed by atoms with Crippen LogP contribution in [0.25, 0.3) is 12.4 Å². The predicted octanol–water partition coefficient (Wildman–Crippen LogP) is 2.23. The van der Waals surface area contributed by atoms with Crippen molar-refractivity contribution in [2.75, 3.05) is 57.5 Å². The summed E-state index contributed by atoms with van der Waals surface area (Å²) in [5, 5.41) is 15.9. The van der Waals surface area contributed by atoms with Crippen LogP contribution >= 0.6 is 0 Å². The molecule has 0 bridgehead atoms. The summed E-state index contributed by atoms with van der Waals surface area (Å²) in [6.45, 7) is 12.6. The van der Waals surface area contributed by atoms with Crippen molar-refractivity contribution in [3.8, 4) is 5.75 Å². The van der Waals surface area contributed by atoms with Crippen LogP contribution in [0.3, 0.4) is 0 Å². The number of likely N-dealkylation sites (N-methyl/N-ethyl adjacent to an activating group) is 1. The molecule has 0 aromatic heterocycles. The lowest BCUT2D eigenvalue weighted by atomic mass is 9.81. The van der Waals surface area contributed by atoms with Crippen molar-refractivity contribution in [2.45, 2.75) is 33.1 Å². The van der Waals surface area contributed by atoms with Crippen LogP contribution in [0.15, 0.2) is 41.4 Å². The number of nitrogens with one attached hydrogen (secondary N) is 5. The van der Waals surface area contributed by atoms with Gasteiger partial charge >= 0.3 is 0 Å². The molecule has 9 nitrogen and oxygen atoms in total. The summed E-state index contributed by atoms with van der Waals surface area (Å²) in [4.78, 5) is 26.1. The topological polar surface area (TPSA) is 116 Å². The van der Waals surface area contributed by atoms with E-state index in [1.54, 1.807) is 50.5 Å². The molecule has 1 heterocycles. The second-order valence-corrected chi connectivity index (χ2v) is 9.84. The van der Waals surface area contributed by atoms with Crippen LogP contribution in [0.2, 0.25) is 0 Å². The minimum atomic E-state index is -0.507. The van der Waals surface area contributed by atoms with Gasteiger partial charge in [-0.3, -0.25) is 4.79 Å². The first-order chi connectivity index (χ1) is 19.2. The lowest BCUT2D eigenvalue weighted by Crippen LogP contribution is -2.40. The standard InChI is InChI=1S/C22H25FN4O3.C8H18N2/c1-4-25-22(21-15(2)13-18(14-19(21)23)30-12-10-24-3)27-17-7-5-16(6-8-17)26-20(29)9-11-28;1-8(7-9-2)3-5-10-6-4-8/h4-8,11,13-14,24,27H,2,9-10,12H2,1,3H3,(H,26,29);9-10H,3-7H2,1-2H3/b22-21-,25-4-;. The van der Waals surface area contributed by atoms with E-state index in [1.165, 1.54) is 32.0 Å². The first-order valence-corrected chi connectivity index (χ1v) is 13.5. The number of hydrogen-bond acceptors (Lipinski definition) is 8. The number of carbonyl (C=O) groups excluding carboxylic acids is 2. The second kappa shape index (κ2) is 17.2. The number of halogens is 1. The number of carbonyl (C=O) groups is 2. The van der Waals surface area contributed by atoms with Gasteiger partial charge in [0, 0.05) is 36.7 Å². The third-order valence-corrected chi connectivity index (χ3v) is 6.38. The van der Waals surface area contributed by atoms with Crippen LogP contribution in [-0.2, 0) is 9.59 Å². The molecule has 1 aliphatic rings. The molecule has 0 atom stereocenters. The molecule has 5 N–H and O–H groups in total. The number of ether oxygens (including phenoxy) is 1. The monoisotopic (exact) mass is 554 g/mol. The molecule has 218 valence electrons. The van der Waals surface area contributed by atoms with Gasteiger partial charge in [0.1, 0.15) is 30.3 Å². The maximum atomic E-state index is 14.8. The van der Waals surface area contributed by atoms with Gasteiger partial charge in [0.15, 0.2) is 0 Å². The van der Waals surface area contributed by atoms with Crippen molar-refractivity contribution in [3.05, 3.63) is 52.7 Å². The molecule has 0 aliphatic carbocycles. The van der Waals surface area contributed by atoms with E-state index in [0.29, 0.717) is 53.0 Å². The van der Waals surface area contributed by atoms with Gasteiger partial charge in [0.05, 0.1) is 11.6 Å². The van der Waals surface area contributed by atoms with Gasteiger partial charge in [-0.2, -0.15) is 0 Å². The first kappa shape index (κ1) is 32.6. The molecular formula is C30H43FN6O3. The predicted molar refractivity (Wildman–Crippen MR) is 162 cm³/mol. The Bertz CT molecular complexity index is 1220. The van der Waals surface area contributed by atoms with Crippen molar-refractivity contribution in [3.63, 3.8) is 0 Å². The van der Waals surface area contributed by atoms with Crippen LogP contribution < -0.4 is 41.8 Å². The van der Waals surface area contributed by atoms with Crippen LogP contribution in [0.4, 0.5) is 15.8 Å². The van der Waals surface area contributed by atoms with E-state index >= 15 is 0 Å². The Morgan fingerprint density at radius 3 is 2.33 bits per heavy atom. The molecule has 3 rings (SSSR count). The normalized spacial score (nSPS) is 15.0. The number of aldehydes is 1. The summed E-state index contributed by atoms with van der Waals surface area (Å²) in [6, 6.07) is 9.71. The molecule has 40 heavy (non-hydrogen) atoms. The van der Waals surface area contributed by atoms with Gasteiger partial charge < -0.3 is 36.1 Å². The van der Waals surface area contributed by atoms with E-state index in [9.17, 15) is 14.0 Å². The van der Waals surface area contributed by atoms with E-state index in [2.05, 4.69) is 45.1 Å². The molecule has 1 fully saturated rings. The highest BCUT2D eigenvalue weighted by molar-refractivity contribution is 5.98. The quantitative estimate of drug-likeness (QED) is 0.118. The van der Waals surface area contributed by atoms with E-state index in [4.69, 9.17) is 4.74 Å². The maximum Gasteiger partial charge on any atom is 0.231 e. The number of piperidine rings is 1. The summed E-state index contributed by atoms with van der Waals surface area (Å²) >= 11 is 0. The van der Waals surface area contributed by atoms with E-state index in [0.717, 1.165) is 6.54 Å². The van der Waals surface area contributed by atoms with Crippen molar-refractivity contribution in [1.82, 2.24) is 16.0 Å². The Labute approximate surface area is 236 Å². The third-order valence-electron chi connectivity index (χ3n) is 6.38. The molecule has 1 amide bonds. The molecule has 10 heteroatoms. The minimum Gasteiger partial charge on any atom is -0.492 e. The summed E-state index contributed by atoms with van der Waals surface area (Å²) in [5.74, 6) is -0.214. The zero-order valence-corrected chi connectivity index (χ0v) is 24.0. The highest BCUT2D eigenvalue weighted by Gasteiger charge is 2.25. The average molecular weight is 555 g/mol. The van der Waals surface area contributed by atoms with Crippen LogP contribution in [0.5, 0.6) is 5.75 Å². The number of nitrogens with zero attached hydrogens (tertiary/aromatic N) is 1. The smallest absolute Gasteiger partial charge is 0.231 e. The molecule has 1 aliphatic heterocycles. The highest BCUT2D eigenvalue weighted by atomic mass is 19.1. The number of rotatable bonds is 12. The fourth-order valence-electron chi connectivity index (χ4n) is 4.24. The molecule has 0 radical (unpaired) electrons. The van der Waals surface area contributed by atoms with E-state index < -0.39 is 11.7 Å². The van der Waals surface area contributed by atoms with Gasteiger partial charge in [-0.15, -0.1) is 0 Å². The van der Waals surface area contributed by atoms with Crippen molar-refractivity contribution >= 4 is 42.2 Å². The van der Waals surface area contributed by atoms with Gasteiger partial charge in [0.2, 0.25) is 5.91 Å². The molecule has 2 aromatic carbocycles. The summed E-state index contributed by atoms with van der Waals surface area (Å²) in [6.07, 6.45) is 4.51. The molecule has 0 spiro atoms. The first-order valence-electron chi connectivity index (χ1n) is 13.5. The highest BCUT2D eigenvalue weighted by Crippen LogP contribution is 2.26. The Balaban J connectivity index is 0.000000469. The minimum absolute atomic E-state index is 0.205. The SMILES string of the molecule is C=c1cc(OCCNC)cc(F)/c1=C(/N=C\C)Nc1ccc(NC(=O)CC=O)cc1.CNCC1(C)CCNCC1. The fraction of sp³-hybridized carbons (Fsp3) is 0.433. The number of benzene rings is 2. The zero-order chi connectivity index (χ0) is 29.4. The Kier molecular flexibility index (Phi) is 14.0. The van der Waals surface area contributed by atoms with Crippen LogP contribution in [0.1, 0.15) is 33.1 Å². The zero-order valence-electron chi connectivity index (χ0n) is 24.0. The number of amides is 1. The van der Waals surface area contributed by atoms with Crippen molar-refractivity contribution in [2.24, 2.45) is 10.4 Å². The average Bonchev–Trinajstić information content (AvgIpc) is 2.91. The fourth-order valence-corrected chi connectivity index (χ4v) is 4.24.